The number of aromatic nitrogens is 2. The zero-order valence-corrected chi connectivity index (χ0v) is 8.01. The molecule has 0 saturated heterocycles. The number of nitriles is 2. The predicted molar refractivity (Wildman–Crippen MR) is 48.5 cm³/mol. The molecule has 0 aliphatic heterocycles. The molecular formula is C9H8N4O2. The average Bonchev–Trinajstić information content (AvgIpc) is 2.59. The Morgan fingerprint density at radius 3 is 2.80 bits per heavy atom. The van der Waals surface area contributed by atoms with Crippen LogP contribution in [0, 0.1) is 28.6 Å². The van der Waals surface area contributed by atoms with E-state index in [1.54, 1.807) is 6.07 Å². The largest absolute Gasteiger partial charge is 0.481 e. The number of imidazole rings is 1. The van der Waals surface area contributed by atoms with Gasteiger partial charge in [0.1, 0.15) is 12.1 Å². The molecule has 1 atom stereocenters. The van der Waals surface area contributed by atoms with Crippen LogP contribution in [-0.2, 0) is 11.3 Å². The van der Waals surface area contributed by atoms with E-state index in [2.05, 4.69) is 4.98 Å². The summed E-state index contributed by atoms with van der Waals surface area (Å²) in [4.78, 5) is 14.3. The third-order valence-corrected chi connectivity index (χ3v) is 1.94. The fourth-order valence-corrected chi connectivity index (χ4v) is 1.09. The normalized spacial score (nSPS) is 11.4. The molecule has 0 aliphatic rings. The lowest BCUT2D eigenvalue weighted by Crippen LogP contribution is -2.17. The van der Waals surface area contributed by atoms with Gasteiger partial charge in [-0.1, -0.05) is 6.92 Å². The molecule has 0 aliphatic carbocycles. The monoisotopic (exact) mass is 204 g/mol. The third-order valence-electron chi connectivity index (χ3n) is 1.94. The summed E-state index contributed by atoms with van der Waals surface area (Å²) in [6, 6.07) is 3.59. The summed E-state index contributed by atoms with van der Waals surface area (Å²) in [5.41, 5.74) is 0.126. The van der Waals surface area contributed by atoms with Crippen molar-refractivity contribution in [1.82, 2.24) is 9.55 Å². The second-order valence-corrected chi connectivity index (χ2v) is 3.06. The van der Waals surface area contributed by atoms with Gasteiger partial charge in [-0.15, -0.1) is 0 Å². The molecule has 1 heterocycles. The smallest absolute Gasteiger partial charge is 0.308 e. The maximum atomic E-state index is 10.6. The maximum Gasteiger partial charge on any atom is 0.308 e. The fraction of sp³-hybridized carbons (Fsp3) is 0.333. The molecule has 15 heavy (non-hydrogen) atoms. The van der Waals surface area contributed by atoms with Crippen molar-refractivity contribution >= 4 is 5.97 Å². The molecule has 6 heteroatoms. The van der Waals surface area contributed by atoms with Gasteiger partial charge in [-0.05, 0) is 0 Å². The molecule has 0 spiro atoms. The number of aliphatic carboxylic acids is 1. The predicted octanol–water partition coefficient (Wildman–Crippen LogP) is 0.347. The minimum Gasteiger partial charge on any atom is -0.481 e. The lowest BCUT2D eigenvalue weighted by atomic mass is 10.2. The standard InChI is InChI=1S/C9H8N4O2/c1-6(9(14)15)4-13-5-12-7(2-10)8(13)3-11/h5-6H,4H2,1H3,(H,14,15). The van der Waals surface area contributed by atoms with E-state index in [-0.39, 0.29) is 17.9 Å². The number of carboxylic acids is 1. The highest BCUT2D eigenvalue weighted by Gasteiger charge is 2.16. The molecule has 76 valence electrons. The van der Waals surface area contributed by atoms with Crippen molar-refractivity contribution in [1.29, 1.82) is 10.5 Å². The van der Waals surface area contributed by atoms with Crippen molar-refractivity contribution < 1.29 is 9.90 Å². The summed E-state index contributed by atoms with van der Waals surface area (Å²) in [7, 11) is 0. The first kappa shape index (κ1) is 10.7. The van der Waals surface area contributed by atoms with Gasteiger partial charge in [-0.3, -0.25) is 4.79 Å². The molecule has 0 bridgehead atoms. The Balaban J connectivity index is 2.98. The van der Waals surface area contributed by atoms with E-state index < -0.39 is 11.9 Å². The first-order valence-electron chi connectivity index (χ1n) is 4.18. The van der Waals surface area contributed by atoms with E-state index in [1.807, 2.05) is 6.07 Å². The lowest BCUT2D eigenvalue weighted by molar-refractivity contribution is -0.141. The highest BCUT2D eigenvalue weighted by atomic mass is 16.4. The van der Waals surface area contributed by atoms with Crippen LogP contribution < -0.4 is 0 Å². The van der Waals surface area contributed by atoms with Crippen LogP contribution in [0.4, 0.5) is 0 Å². The van der Waals surface area contributed by atoms with Gasteiger partial charge in [0.25, 0.3) is 0 Å². The zero-order valence-electron chi connectivity index (χ0n) is 8.01. The van der Waals surface area contributed by atoms with Crippen molar-refractivity contribution in [2.45, 2.75) is 13.5 Å². The van der Waals surface area contributed by atoms with Crippen molar-refractivity contribution in [3.63, 3.8) is 0 Å². The molecule has 0 radical (unpaired) electrons. The Hall–Kier alpha value is -2.34. The van der Waals surface area contributed by atoms with E-state index in [1.165, 1.54) is 17.8 Å². The van der Waals surface area contributed by atoms with E-state index in [0.29, 0.717) is 0 Å². The fourth-order valence-electron chi connectivity index (χ4n) is 1.09. The number of nitrogens with zero attached hydrogens (tertiary/aromatic N) is 4. The van der Waals surface area contributed by atoms with Crippen LogP contribution in [0.5, 0.6) is 0 Å². The van der Waals surface area contributed by atoms with Gasteiger partial charge in [0, 0.05) is 6.54 Å². The highest BCUT2D eigenvalue weighted by molar-refractivity contribution is 5.69. The van der Waals surface area contributed by atoms with Crippen LogP contribution in [-0.4, -0.2) is 20.6 Å². The Kier molecular flexibility index (Phi) is 3.04. The molecule has 0 fully saturated rings. The number of hydrogen-bond acceptors (Lipinski definition) is 4. The summed E-state index contributed by atoms with van der Waals surface area (Å²) in [6.07, 6.45) is 1.30. The first-order valence-corrected chi connectivity index (χ1v) is 4.18. The summed E-state index contributed by atoms with van der Waals surface area (Å²) in [5, 5.41) is 26.1. The van der Waals surface area contributed by atoms with Crippen molar-refractivity contribution in [2.24, 2.45) is 5.92 Å². The minimum absolute atomic E-state index is 0.0232. The number of carboxylic acid groups (broad SMARTS) is 1. The van der Waals surface area contributed by atoms with Crippen LogP contribution in [0.25, 0.3) is 0 Å². The first-order chi connectivity index (χ1) is 7.10. The van der Waals surface area contributed by atoms with E-state index >= 15 is 0 Å². The summed E-state index contributed by atoms with van der Waals surface area (Å²) in [6.45, 7) is 1.66. The summed E-state index contributed by atoms with van der Waals surface area (Å²) >= 11 is 0. The summed E-state index contributed by atoms with van der Waals surface area (Å²) < 4.78 is 1.37. The van der Waals surface area contributed by atoms with Gasteiger partial charge in [0.05, 0.1) is 12.2 Å². The molecule has 0 amide bonds. The van der Waals surface area contributed by atoms with Crippen LogP contribution in [0.3, 0.4) is 0 Å². The SMILES string of the molecule is CC(Cn1cnc(C#N)c1C#N)C(=O)O. The van der Waals surface area contributed by atoms with Crippen molar-refractivity contribution in [3.8, 4) is 12.1 Å². The van der Waals surface area contributed by atoms with E-state index in [9.17, 15) is 4.79 Å². The van der Waals surface area contributed by atoms with E-state index in [0.717, 1.165) is 0 Å². The minimum atomic E-state index is -0.953. The highest BCUT2D eigenvalue weighted by Crippen LogP contribution is 2.08. The molecule has 1 rings (SSSR count). The van der Waals surface area contributed by atoms with Gasteiger partial charge < -0.3 is 9.67 Å². The Morgan fingerprint density at radius 1 is 1.67 bits per heavy atom. The molecule has 0 aromatic carbocycles. The molecule has 1 aromatic rings. The second-order valence-electron chi connectivity index (χ2n) is 3.06. The number of carbonyl (C=O) groups is 1. The van der Waals surface area contributed by atoms with Crippen molar-refractivity contribution in [2.75, 3.05) is 0 Å². The van der Waals surface area contributed by atoms with Crippen LogP contribution in [0.2, 0.25) is 0 Å². The molecular weight excluding hydrogens is 196 g/mol. The molecule has 1 aromatic heterocycles. The summed E-state index contributed by atoms with van der Waals surface area (Å²) in [5.74, 6) is -1.58. The Labute approximate surface area is 86.0 Å². The van der Waals surface area contributed by atoms with Gasteiger partial charge in [0.2, 0.25) is 0 Å². The van der Waals surface area contributed by atoms with E-state index in [4.69, 9.17) is 15.6 Å². The number of rotatable bonds is 3. The van der Waals surface area contributed by atoms with Gasteiger partial charge in [-0.25, -0.2) is 4.98 Å². The Morgan fingerprint density at radius 2 is 2.33 bits per heavy atom. The number of hydrogen-bond donors (Lipinski definition) is 1. The van der Waals surface area contributed by atoms with Gasteiger partial charge >= 0.3 is 5.97 Å². The zero-order chi connectivity index (χ0) is 11.4. The maximum absolute atomic E-state index is 10.6. The average molecular weight is 204 g/mol. The van der Waals surface area contributed by atoms with Crippen molar-refractivity contribution in [3.05, 3.63) is 17.7 Å². The van der Waals surface area contributed by atoms with Crippen LogP contribution in [0.1, 0.15) is 18.3 Å². The third kappa shape index (κ3) is 2.12. The van der Waals surface area contributed by atoms with Gasteiger partial charge in [0.15, 0.2) is 11.4 Å². The molecule has 0 saturated carbocycles. The molecule has 1 unspecified atom stereocenters. The van der Waals surface area contributed by atoms with Gasteiger partial charge in [-0.2, -0.15) is 10.5 Å². The van der Waals surface area contributed by atoms with Crippen LogP contribution in [0.15, 0.2) is 6.33 Å². The topological polar surface area (TPSA) is 103 Å². The quantitative estimate of drug-likeness (QED) is 0.764. The Bertz CT molecular complexity index is 463. The second kappa shape index (κ2) is 4.25. The molecule has 1 N–H and O–H groups in total. The lowest BCUT2D eigenvalue weighted by Gasteiger charge is -2.07. The van der Waals surface area contributed by atoms with Crippen LogP contribution >= 0.6 is 0 Å². The molecule has 6 nitrogen and oxygen atoms in total.